The summed E-state index contributed by atoms with van der Waals surface area (Å²) in [5.41, 5.74) is 0. The van der Waals surface area contributed by atoms with E-state index >= 15 is 0 Å². The van der Waals surface area contributed by atoms with Gasteiger partial charge in [0, 0.05) is 28.4 Å². The molecule has 0 amide bonds. The van der Waals surface area contributed by atoms with Crippen LogP contribution in [-0.2, 0) is 18.9 Å². The third kappa shape index (κ3) is 5.99. The summed E-state index contributed by atoms with van der Waals surface area (Å²) >= 11 is 0. The molecule has 0 unspecified atom stereocenters. The highest BCUT2D eigenvalue weighted by Crippen LogP contribution is 2.09. The van der Waals surface area contributed by atoms with Gasteiger partial charge in [0.2, 0.25) is 0 Å². The fraction of sp³-hybridized carbons (Fsp3) is 1.00. The summed E-state index contributed by atoms with van der Waals surface area (Å²) in [6.45, 7) is 0. The molecule has 4 heteroatoms. The third-order valence-electron chi connectivity index (χ3n) is 1.93. The second kappa shape index (κ2) is 8.44. The van der Waals surface area contributed by atoms with Gasteiger partial charge in [-0.2, -0.15) is 0 Å². The Morgan fingerprint density at radius 3 is 1.23 bits per heavy atom. The molecule has 0 aromatic carbocycles. The van der Waals surface area contributed by atoms with Crippen molar-refractivity contribution in [2.24, 2.45) is 0 Å². The van der Waals surface area contributed by atoms with Crippen LogP contribution >= 0.6 is 0 Å². The van der Waals surface area contributed by atoms with Crippen LogP contribution in [0.15, 0.2) is 0 Å². The highest BCUT2D eigenvalue weighted by Gasteiger charge is 2.08. The van der Waals surface area contributed by atoms with Gasteiger partial charge in [0.05, 0.1) is 0 Å². The van der Waals surface area contributed by atoms with Gasteiger partial charge in [-0.15, -0.1) is 0 Å². The van der Waals surface area contributed by atoms with Gasteiger partial charge in [-0.05, 0) is 19.3 Å². The maximum absolute atomic E-state index is 5.04. The van der Waals surface area contributed by atoms with E-state index in [1.54, 1.807) is 28.4 Å². The van der Waals surface area contributed by atoms with Gasteiger partial charge in [-0.1, -0.05) is 0 Å². The molecule has 0 aliphatic heterocycles. The summed E-state index contributed by atoms with van der Waals surface area (Å²) in [5.74, 6) is 0. The second-order valence-electron chi connectivity index (χ2n) is 2.73. The van der Waals surface area contributed by atoms with E-state index < -0.39 is 0 Å². The molecule has 13 heavy (non-hydrogen) atoms. The first kappa shape index (κ1) is 12.8. The van der Waals surface area contributed by atoms with Crippen molar-refractivity contribution in [3.05, 3.63) is 0 Å². The second-order valence-corrected chi connectivity index (χ2v) is 2.73. The van der Waals surface area contributed by atoms with Crippen LogP contribution in [0.1, 0.15) is 19.3 Å². The smallest absolute Gasteiger partial charge is 0.156 e. The van der Waals surface area contributed by atoms with E-state index in [0.29, 0.717) is 0 Å². The van der Waals surface area contributed by atoms with Gasteiger partial charge >= 0.3 is 0 Å². The maximum Gasteiger partial charge on any atom is 0.156 e. The lowest BCUT2D eigenvalue weighted by Gasteiger charge is -2.16. The SMILES string of the molecule is COC(CCCC(OC)OC)OC. The molecule has 0 radical (unpaired) electrons. The van der Waals surface area contributed by atoms with Crippen LogP contribution in [0.25, 0.3) is 0 Å². The van der Waals surface area contributed by atoms with Crippen molar-refractivity contribution in [2.75, 3.05) is 28.4 Å². The molecule has 0 bridgehead atoms. The van der Waals surface area contributed by atoms with Gasteiger partial charge < -0.3 is 18.9 Å². The van der Waals surface area contributed by atoms with E-state index in [4.69, 9.17) is 18.9 Å². The largest absolute Gasteiger partial charge is 0.356 e. The number of ether oxygens (including phenoxy) is 4. The molecule has 0 aromatic rings. The maximum atomic E-state index is 5.04. The predicted octanol–water partition coefficient (Wildman–Crippen LogP) is 1.39. The number of hydrogen-bond acceptors (Lipinski definition) is 4. The summed E-state index contributed by atoms with van der Waals surface area (Å²) < 4.78 is 20.2. The molecule has 4 nitrogen and oxygen atoms in total. The molecule has 0 N–H and O–H groups in total. The molecule has 0 saturated heterocycles. The topological polar surface area (TPSA) is 36.9 Å². The van der Waals surface area contributed by atoms with Crippen molar-refractivity contribution >= 4 is 0 Å². The van der Waals surface area contributed by atoms with Crippen molar-refractivity contribution < 1.29 is 18.9 Å². The van der Waals surface area contributed by atoms with E-state index in [9.17, 15) is 0 Å². The lowest BCUT2D eigenvalue weighted by molar-refractivity contribution is -0.123. The Morgan fingerprint density at radius 2 is 1.00 bits per heavy atom. The Kier molecular flexibility index (Phi) is 8.33. The van der Waals surface area contributed by atoms with E-state index in [1.807, 2.05) is 0 Å². The lowest BCUT2D eigenvalue weighted by Crippen LogP contribution is -2.16. The van der Waals surface area contributed by atoms with Crippen LogP contribution in [0.2, 0.25) is 0 Å². The lowest BCUT2D eigenvalue weighted by atomic mass is 10.2. The molecule has 0 spiro atoms. The van der Waals surface area contributed by atoms with Crippen molar-refractivity contribution in [2.45, 2.75) is 31.8 Å². The Balaban J connectivity index is 3.41. The van der Waals surface area contributed by atoms with Gasteiger partial charge in [0.1, 0.15) is 0 Å². The minimum Gasteiger partial charge on any atom is -0.356 e. The van der Waals surface area contributed by atoms with Crippen LogP contribution in [0.3, 0.4) is 0 Å². The molecule has 80 valence electrons. The summed E-state index contributed by atoms with van der Waals surface area (Å²) in [5, 5.41) is 0. The van der Waals surface area contributed by atoms with E-state index in [-0.39, 0.29) is 12.6 Å². The fourth-order valence-electron chi connectivity index (χ4n) is 1.12. The van der Waals surface area contributed by atoms with Gasteiger partial charge in [-0.3, -0.25) is 0 Å². The summed E-state index contributed by atoms with van der Waals surface area (Å²) in [6, 6.07) is 0. The first-order valence-electron chi connectivity index (χ1n) is 4.39. The van der Waals surface area contributed by atoms with Crippen LogP contribution in [0, 0.1) is 0 Å². The average Bonchev–Trinajstić information content (AvgIpc) is 2.19. The first-order valence-corrected chi connectivity index (χ1v) is 4.39. The summed E-state index contributed by atoms with van der Waals surface area (Å²) in [6.07, 6.45) is 2.44. The first-order chi connectivity index (χ1) is 6.28. The molecule has 0 rings (SSSR count). The van der Waals surface area contributed by atoms with E-state index in [1.165, 1.54) is 0 Å². The zero-order valence-corrected chi connectivity index (χ0v) is 8.91. The average molecular weight is 192 g/mol. The highest BCUT2D eigenvalue weighted by atomic mass is 16.7. The van der Waals surface area contributed by atoms with Gasteiger partial charge in [0.25, 0.3) is 0 Å². The molecular formula is C9H20O4. The molecule has 0 atom stereocenters. The van der Waals surface area contributed by atoms with Gasteiger partial charge in [0.15, 0.2) is 12.6 Å². The number of methoxy groups -OCH3 is 4. The van der Waals surface area contributed by atoms with Crippen molar-refractivity contribution in [3.63, 3.8) is 0 Å². The standard InChI is InChI=1S/C9H20O4/c1-10-8(11-2)6-5-7-9(12-3)13-4/h8-9H,5-7H2,1-4H3. The highest BCUT2D eigenvalue weighted by molar-refractivity contribution is 4.49. The molecule has 0 aliphatic rings. The van der Waals surface area contributed by atoms with Crippen molar-refractivity contribution in [3.8, 4) is 0 Å². The minimum absolute atomic E-state index is 0.116. The summed E-state index contributed by atoms with van der Waals surface area (Å²) in [4.78, 5) is 0. The summed E-state index contributed by atoms with van der Waals surface area (Å²) in [7, 11) is 6.55. The van der Waals surface area contributed by atoms with Crippen LogP contribution in [0.5, 0.6) is 0 Å². The predicted molar refractivity (Wildman–Crippen MR) is 49.5 cm³/mol. The monoisotopic (exact) mass is 192 g/mol. The fourth-order valence-corrected chi connectivity index (χ4v) is 1.12. The molecule has 0 saturated carbocycles. The van der Waals surface area contributed by atoms with Crippen LogP contribution in [-0.4, -0.2) is 41.0 Å². The zero-order valence-electron chi connectivity index (χ0n) is 8.91. The van der Waals surface area contributed by atoms with Gasteiger partial charge in [-0.25, -0.2) is 0 Å². The molecule has 0 fully saturated rings. The minimum atomic E-state index is -0.116. The van der Waals surface area contributed by atoms with Crippen molar-refractivity contribution in [1.82, 2.24) is 0 Å². The number of hydrogen-bond donors (Lipinski definition) is 0. The quantitative estimate of drug-likeness (QED) is 0.545. The van der Waals surface area contributed by atoms with Crippen LogP contribution < -0.4 is 0 Å². The molecule has 0 aliphatic carbocycles. The Hall–Kier alpha value is -0.160. The van der Waals surface area contributed by atoms with E-state index in [2.05, 4.69) is 0 Å². The van der Waals surface area contributed by atoms with Crippen molar-refractivity contribution in [1.29, 1.82) is 0 Å². The Bertz CT molecular complexity index is 87.8. The normalized spacial score (nSPS) is 11.5. The zero-order chi connectivity index (χ0) is 10.1. The third-order valence-corrected chi connectivity index (χ3v) is 1.93. The Morgan fingerprint density at radius 1 is 0.692 bits per heavy atom. The molecular weight excluding hydrogens is 172 g/mol. The Labute approximate surface area is 80.1 Å². The molecule has 0 aromatic heterocycles. The van der Waals surface area contributed by atoms with E-state index in [0.717, 1.165) is 19.3 Å². The number of rotatable bonds is 8. The molecule has 0 heterocycles. The van der Waals surface area contributed by atoms with Crippen LogP contribution in [0.4, 0.5) is 0 Å².